The van der Waals surface area contributed by atoms with Gasteiger partial charge in [-0.3, -0.25) is 38.9 Å². The Bertz CT molecular complexity index is 2480. The van der Waals surface area contributed by atoms with Crippen molar-refractivity contribution >= 4 is 63.1 Å². The predicted molar refractivity (Wildman–Crippen MR) is 238 cm³/mol. The number of rotatable bonds is 16. The third-order valence-corrected chi connectivity index (χ3v) is 12.5. The molecule has 2 saturated heterocycles. The number of nitrogens with one attached hydrogen (secondary N) is 3. The molecule has 8 rings (SSSR count). The van der Waals surface area contributed by atoms with Gasteiger partial charge in [0.2, 0.25) is 17.8 Å². The number of aromatic nitrogens is 5. The molecule has 1 saturated carbocycles. The van der Waals surface area contributed by atoms with Crippen LogP contribution in [0.1, 0.15) is 103 Å². The monoisotopic (exact) mass is 859 g/mol. The average Bonchev–Trinajstić information content (AvgIpc) is 4.03. The second-order valence-electron chi connectivity index (χ2n) is 17.1. The van der Waals surface area contributed by atoms with E-state index in [-0.39, 0.29) is 48.6 Å². The first kappa shape index (κ1) is 43.3. The number of benzene rings is 2. The number of amides is 5. The smallest absolute Gasteiger partial charge is 0.270 e. The highest BCUT2D eigenvalue weighted by atomic mass is 16.5. The number of carbonyl (C=O) groups is 5. The molecule has 0 spiro atoms. The normalized spacial score (nSPS) is 17.3. The number of aryl methyl sites for hydroxylation is 1. The number of unbranched alkanes of at least 4 members (excludes halogenated alkanes) is 3. The van der Waals surface area contributed by atoms with Crippen molar-refractivity contribution in [3.8, 4) is 5.75 Å². The van der Waals surface area contributed by atoms with Crippen LogP contribution >= 0.6 is 0 Å². The van der Waals surface area contributed by atoms with Gasteiger partial charge in [0.15, 0.2) is 6.61 Å². The summed E-state index contributed by atoms with van der Waals surface area (Å²) in [6.07, 6.45) is 10.8. The van der Waals surface area contributed by atoms with Crippen molar-refractivity contribution in [2.24, 2.45) is 7.05 Å². The number of ether oxygens (including phenoxy) is 1. The SMILES string of the molecule is CN(C)C(=O)c1cc2cnc(Nc3ccc(C(=O)NCCCCCCN4CCN(C(=O)COc5ccc6c(C7CCC(=O)NC7=O)nn(C)c6c5)CC4)cc3)nc2n1C1CCCC1. The molecule has 63 heavy (non-hydrogen) atoms. The summed E-state index contributed by atoms with van der Waals surface area (Å²) in [4.78, 5) is 78.2. The number of carbonyl (C=O) groups excluding carboxylic acids is 5. The first-order valence-corrected chi connectivity index (χ1v) is 22.2. The van der Waals surface area contributed by atoms with Crippen LogP contribution < -0.4 is 20.7 Å². The molecule has 332 valence electrons. The van der Waals surface area contributed by atoms with E-state index in [2.05, 4.69) is 35.5 Å². The minimum absolute atomic E-state index is 0.0462. The van der Waals surface area contributed by atoms with Crippen LogP contribution in [0.2, 0.25) is 0 Å². The van der Waals surface area contributed by atoms with E-state index < -0.39 is 5.92 Å². The topological polar surface area (TPSA) is 189 Å². The number of imide groups is 1. The zero-order valence-electron chi connectivity index (χ0n) is 36.4. The molecule has 3 fully saturated rings. The number of hydrogen-bond acceptors (Lipinski definition) is 11. The lowest BCUT2D eigenvalue weighted by molar-refractivity contribution is -0.135. The number of fused-ring (bicyclic) bond motifs is 2. The van der Waals surface area contributed by atoms with E-state index in [4.69, 9.17) is 9.72 Å². The lowest BCUT2D eigenvalue weighted by atomic mass is 9.93. The fourth-order valence-corrected chi connectivity index (χ4v) is 8.97. The van der Waals surface area contributed by atoms with E-state index in [1.807, 2.05) is 35.2 Å². The molecule has 2 aliphatic heterocycles. The van der Waals surface area contributed by atoms with Gasteiger partial charge in [-0.15, -0.1) is 0 Å². The van der Waals surface area contributed by atoms with Gasteiger partial charge < -0.3 is 29.7 Å². The summed E-state index contributed by atoms with van der Waals surface area (Å²) >= 11 is 0. The Labute approximate surface area is 366 Å². The van der Waals surface area contributed by atoms with Crippen molar-refractivity contribution in [2.75, 3.05) is 65.3 Å². The van der Waals surface area contributed by atoms with Gasteiger partial charge in [0.1, 0.15) is 17.1 Å². The van der Waals surface area contributed by atoms with E-state index in [1.165, 1.54) is 0 Å². The molecule has 0 bridgehead atoms. The lowest BCUT2D eigenvalue weighted by Gasteiger charge is -2.34. The Balaban J connectivity index is 0.710. The Morgan fingerprint density at radius 1 is 0.921 bits per heavy atom. The maximum absolute atomic E-state index is 13.0. The molecule has 2 aromatic carbocycles. The fourth-order valence-electron chi connectivity index (χ4n) is 8.97. The van der Waals surface area contributed by atoms with Crippen LogP contribution in [0.15, 0.2) is 54.7 Å². The Hall–Kier alpha value is -6.36. The van der Waals surface area contributed by atoms with Crippen LogP contribution in [0.5, 0.6) is 5.75 Å². The van der Waals surface area contributed by atoms with Crippen molar-refractivity contribution in [3.63, 3.8) is 0 Å². The average molecular weight is 860 g/mol. The first-order chi connectivity index (χ1) is 30.5. The third kappa shape index (κ3) is 9.98. The van der Waals surface area contributed by atoms with Gasteiger partial charge in [0.05, 0.1) is 17.1 Å². The summed E-state index contributed by atoms with van der Waals surface area (Å²) in [5.74, 6) is -0.294. The van der Waals surface area contributed by atoms with Gasteiger partial charge in [0.25, 0.3) is 17.7 Å². The molecular formula is C46H57N11O6. The number of nitrogens with zero attached hydrogens (tertiary/aromatic N) is 8. The van der Waals surface area contributed by atoms with Crippen molar-refractivity contribution < 1.29 is 28.7 Å². The summed E-state index contributed by atoms with van der Waals surface area (Å²) < 4.78 is 9.69. The van der Waals surface area contributed by atoms with Crippen LogP contribution in [-0.4, -0.2) is 129 Å². The molecule has 5 aromatic rings. The van der Waals surface area contributed by atoms with Crippen LogP contribution in [0.3, 0.4) is 0 Å². The van der Waals surface area contributed by atoms with E-state index in [0.29, 0.717) is 54.7 Å². The van der Waals surface area contributed by atoms with E-state index in [0.717, 1.165) is 98.6 Å². The van der Waals surface area contributed by atoms with E-state index in [1.54, 1.807) is 55.1 Å². The number of piperidine rings is 1. The standard InChI is InChI=1S/C46H57N11O6/c1-53(2)45(62)38-26-31-28-48-46(51-42(31)57(38)33-10-6-7-11-33)49-32-14-12-30(13-15-32)43(60)47-20-8-4-5-9-21-55-22-24-56(25-23-55)40(59)29-63-34-16-17-35-37(27-34)54(3)52-41(35)36-18-19-39(58)50-44(36)61/h12-17,26-28,33,36H,4-11,18-25,29H2,1-3H3,(H,47,60)(H,48,49,51)(H,50,58,61). The third-order valence-electron chi connectivity index (χ3n) is 12.5. The van der Waals surface area contributed by atoms with E-state index in [9.17, 15) is 24.0 Å². The maximum Gasteiger partial charge on any atom is 0.270 e. The van der Waals surface area contributed by atoms with Crippen LogP contribution in [0.25, 0.3) is 21.9 Å². The molecule has 3 N–H and O–H groups in total. The summed E-state index contributed by atoms with van der Waals surface area (Å²) in [5, 5.41) is 14.9. The van der Waals surface area contributed by atoms with Crippen LogP contribution in [0.4, 0.5) is 11.6 Å². The van der Waals surface area contributed by atoms with Gasteiger partial charge in [-0.25, -0.2) is 4.98 Å². The van der Waals surface area contributed by atoms with E-state index >= 15 is 0 Å². The Morgan fingerprint density at radius 2 is 1.68 bits per heavy atom. The summed E-state index contributed by atoms with van der Waals surface area (Å²) in [6, 6.07) is 14.9. The molecular weight excluding hydrogens is 803 g/mol. The Kier molecular flexibility index (Phi) is 13.3. The molecule has 3 aliphatic rings. The van der Waals surface area contributed by atoms with Crippen molar-refractivity contribution in [3.05, 3.63) is 71.7 Å². The zero-order chi connectivity index (χ0) is 44.0. The minimum Gasteiger partial charge on any atom is -0.484 e. The van der Waals surface area contributed by atoms with Gasteiger partial charge >= 0.3 is 0 Å². The second-order valence-corrected chi connectivity index (χ2v) is 17.1. The Morgan fingerprint density at radius 3 is 2.43 bits per heavy atom. The van der Waals surface area contributed by atoms with Crippen LogP contribution in [-0.2, 0) is 21.4 Å². The maximum atomic E-state index is 13.0. The highest BCUT2D eigenvalue weighted by molar-refractivity contribution is 6.02. The molecule has 1 atom stereocenters. The van der Waals surface area contributed by atoms with Gasteiger partial charge in [0, 0.05) is 101 Å². The molecule has 5 amide bonds. The molecule has 17 nitrogen and oxygen atoms in total. The zero-order valence-corrected chi connectivity index (χ0v) is 36.4. The highest BCUT2D eigenvalue weighted by Crippen LogP contribution is 2.35. The van der Waals surface area contributed by atoms with Gasteiger partial charge in [-0.2, -0.15) is 10.1 Å². The highest BCUT2D eigenvalue weighted by Gasteiger charge is 2.32. The summed E-state index contributed by atoms with van der Waals surface area (Å²) in [7, 11) is 5.33. The lowest BCUT2D eigenvalue weighted by Crippen LogP contribution is -2.50. The molecule has 1 aliphatic carbocycles. The van der Waals surface area contributed by atoms with Crippen LogP contribution in [0, 0.1) is 0 Å². The molecule has 3 aromatic heterocycles. The number of anilines is 2. The number of piperazine rings is 1. The van der Waals surface area contributed by atoms with Crippen molar-refractivity contribution in [1.82, 2.24) is 49.6 Å². The quantitative estimate of drug-likeness (QED) is 0.0904. The molecule has 1 unspecified atom stereocenters. The largest absolute Gasteiger partial charge is 0.484 e. The van der Waals surface area contributed by atoms with Crippen molar-refractivity contribution in [1.29, 1.82) is 0 Å². The minimum atomic E-state index is -0.482. The summed E-state index contributed by atoms with van der Waals surface area (Å²) in [6.45, 7) is 4.46. The predicted octanol–water partition coefficient (Wildman–Crippen LogP) is 4.91. The molecule has 5 heterocycles. The molecule has 17 heteroatoms. The fraction of sp³-hybridized carbons (Fsp3) is 0.478. The van der Waals surface area contributed by atoms with Gasteiger partial charge in [-0.05, 0) is 81.1 Å². The second kappa shape index (κ2) is 19.4. The summed E-state index contributed by atoms with van der Waals surface area (Å²) in [5.41, 5.74) is 4.15. The first-order valence-electron chi connectivity index (χ1n) is 22.2. The number of hydrogen-bond donors (Lipinski definition) is 3. The molecule has 0 radical (unpaired) electrons. The van der Waals surface area contributed by atoms with Crippen molar-refractivity contribution in [2.45, 2.75) is 76.2 Å². The van der Waals surface area contributed by atoms with Gasteiger partial charge in [-0.1, -0.05) is 25.7 Å².